The van der Waals surface area contributed by atoms with Crippen molar-refractivity contribution < 1.29 is 9.59 Å². The van der Waals surface area contributed by atoms with Crippen LogP contribution in [-0.4, -0.2) is 29.8 Å². The molecule has 1 fully saturated rings. The highest BCUT2D eigenvalue weighted by Crippen LogP contribution is 2.20. The summed E-state index contributed by atoms with van der Waals surface area (Å²) < 4.78 is 0. The molecule has 0 saturated carbocycles. The zero-order chi connectivity index (χ0) is 19.4. The summed E-state index contributed by atoms with van der Waals surface area (Å²) in [6.45, 7) is 5.07. The number of likely N-dealkylation sites (tertiary alicyclic amines) is 1. The van der Waals surface area contributed by atoms with Crippen LogP contribution in [0.4, 0.5) is 5.69 Å². The molecule has 2 amide bonds. The Morgan fingerprint density at radius 1 is 1.11 bits per heavy atom. The number of anilines is 1. The minimum absolute atomic E-state index is 0.0119. The highest BCUT2D eigenvalue weighted by Gasteiger charge is 2.29. The number of aryl methyl sites for hydroxylation is 2. The van der Waals surface area contributed by atoms with Gasteiger partial charge in [0.1, 0.15) is 0 Å². The number of amides is 2. The Bertz CT molecular complexity index is 833. The fourth-order valence-electron chi connectivity index (χ4n) is 3.46. The Labute approximate surface area is 164 Å². The molecule has 3 rings (SSSR count). The van der Waals surface area contributed by atoms with Crippen molar-refractivity contribution in [2.75, 3.05) is 18.5 Å². The zero-order valence-corrected chi connectivity index (χ0v) is 16.3. The van der Waals surface area contributed by atoms with Gasteiger partial charge in [-0.25, -0.2) is 0 Å². The third kappa shape index (κ3) is 5.01. The van der Waals surface area contributed by atoms with Crippen LogP contribution in [0.25, 0.3) is 0 Å². The van der Waals surface area contributed by atoms with Crippen molar-refractivity contribution in [1.82, 2.24) is 10.3 Å². The van der Waals surface area contributed by atoms with Crippen molar-refractivity contribution in [2.24, 2.45) is 5.92 Å². The lowest BCUT2D eigenvalue weighted by Gasteiger charge is -2.32. The van der Waals surface area contributed by atoms with Gasteiger partial charge >= 0.3 is 0 Å². The molecule has 0 aromatic heterocycles. The monoisotopic (exact) mass is 385 g/mol. The van der Waals surface area contributed by atoms with E-state index in [2.05, 4.69) is 10.9 Å². The van der Waals surface area contributed by atoms with Crippen LogP contribution in [0.15, 0.2) is 42.5 Å². The van der Waals surface area contributed by atoms with Gasteiger partial charge in [0, 0.05) is 23.7 Å². The summed E-state index contributed by atoms with van der Waals surface area (Å²) in [5.41, 5.74) is 9.15. The van der Waals surface area contributed by atoms with Gasteiger partial charge in [0.05, 0.1) is 11.6 Å². The van der Waals surface area contributed by atoms with Crippen LogP contribution in [0, 0.1) is 19.8 Å². The number of nitrogens with zero attached hydrogens (tertiary/aromatic N) is 1. The molecule has 1 atom stereocenters. The number of hydrogen-bond donors (Lipinski definition) is 2. The lowest BCUT2D eigenvalue weighted by Crippen LogP contribution is -2.46. The molecule has 1 heterocycles. The predicted molar refractivity (Wildman–Crippen MR) is 108 cm³/mol. The van der Waals surface area contributed by atoms with E-state index < -0.39 is 0 Å². The second kappa shape index (κ2) is 8.44. The lowest BCUT2D eigenvalue weighted by atomic mass is 9.96. The molecule has 0 radical (unpaired) electrons. The van der Waals surface area contributed by atoms with Crippen LogP contribution < -0.4 is 10.9 Å². The highest BCUT2D eigenvalue weighted by atomic mass is 35.5. The minimum atomic E-state index is -0.236. The number of nitrogens with one attached hydrogen (secondary N) is 2. The van der Waals surface area contributed by atoms with Crippen LogP contribution in [0.2, 0.25) is 5.02 Å². The average Bonchev–Trinajstić information content (AvgIpc) is 2.65. The molecular weight excluding hydrogens is 362 g/mol. The number of halogens is 1. The SMILES string of the molecule is Cc1cc(C)cc(C(=O)N2CCC[C@@H](C(=O)NNc3cccc(Cl)c3)C2)c1. The topological polar surface area (TPSA) is 61.4 Å². The maximum absolute atomic E-state index is 12.9. The van der Waals surface area contributed by atoms with Crippen LogP contribution >= 0.6 is 11.6 Å². The van der Waals surface area contributed by atoms with Gasteiger partial charge in [-0.3, -0.25) is 20.4 Å². The van der Waals surface area contributed by atoms with Gasteiger partial charge in [0.15, 0.2) is 0 Å². The Morgan fingerprint density at radius 2 is 1.85 bits per heavy atom. The van der Waals surface area contributed by atoms with E-state index in [-0.39, 0.29) is 17.7 Å². The number of piperidine rings is 1. The quantitative estimate of drug-likeness (QED) is 0.783. The van der Waals surface area contributed by atoms with E-state index in [1.807, 2.05) is 44.2 Å². The summed E-state index contributed by atoms with van der Waals surface area (Å²) >= 11 is 5.95. The predicted octanol–water partition coefficient (Wildman–Crippen LogP) is 3.95. The van der Waals surface area contributed by atoms with Crippen LogP contribution in [0.1, 0.15) is 34.3 Å². The van der Waals surface area contributed by atoms with Crippen molar-refractivity contribution in [1.29, 1.82) is 0 Å². The zero-order valence-electron chi connectivity index (χ0n) is 15.6. The van der Waals surface area contributed by atoms with Gasteiger partial charge < -0.3 is 4.90 Å². The first kappa shape index (κ1) is 19.2. The summed E-state index contributed by atoms with van der Waals surface area (Å²) in [6.07, 6.45) is 1.57. The summed E-state index contributed by atoms with van der Waals surface area (Å²) in [7, 11) is 0. The first-order valence-corrected chi connectivity index (χ1v) is 9.49. The molecule has 27 heavy (non-hydrogen) atoms. The molecule has 6 heteroatoms. The standard InChI is InChI=1S/C21H24ClN3O2/c1-14-9-15(2)11-17(10-14)21(27)25-8-4-5-16(13-25)20(26)24-23-19-7-3-6-18(22)12-19/h3,6-7,9-12,16,23H,4-5,8,13H2,1-2H3,(H,24,26)/t16-/m1/s1. The van der Waals surface area contributed by atoms with Gasteiger partial charge in [-0.15, -0.1) is 0 Å². The lowest BCUT2D eigenvalue weighted by molar-refractivity contribution is -0.125. The molecule has 0 spiro atoms. The summed E-state index contributed by atoms with van der Waals surface area (Å²) in [4.78, 5) is 27.2. The van der Waals surface area contributed by atoms with E-state index in [0.717, 1.165) is 29.7 Å². The smallest absolute Gasteiger partial charge is 0.253 e. The van der Waals surface area contributed by atoms with Crippen molar-refractivity contribution >= 4 is 29.1 Å². The summed E-state index contributed by atoms with van der Waals surface area (Å²) in [5.74, 6) is -0.365. The fraction of sp³-hybridized carbons (Fsp3) is 0.333. The normalized spacial score (nSPS) is 16.7. The average molecular weight is 386 g/mol. The number of rotatable bonds is 4. The number of carbonyl (C=O) groups is 2. The fourth-order valence-corrected chi connectivity index (χ4v) is 3.65. The van der Waals surface area contributed by atoms with Gasteiger partial charge in [-0.1, -0.05) is 34.9 Å². The minimum Gasteiger partial charge on any atom is -0.338 e. The van der Waals surface area contributed by atoms with E-state index in [0.29, 0.717) is 23.7 Å². The Balaban J connectivity index is 1.61. The van der Waals surface area contributed by atoms with E-state index in [4.69, 9.17) is 11.6 Å². The van der Waals surface area contributed by atoms with Crippen molar-refractivity contribution in [3.63, 3.8) is 0 Å². The van der Waals surface area contributed by atoms with Gasteiger partial charge in [-0.05, 0) is 57.0 Å². The first-order chi connectivity index (χ1) is 12.9. The van der Waals surface area contributed by atoms with Crippen LogP contribution in [0.3, 0.4) is 0 Å². The Morgan fingerprint density at radius 3 is 2.56 bits per heavy atom. The van der Waals surface area contributed by atoms with Crippen molar-refractivity contribution in [2.45, 2.75) is 26.7 Å². The van der Waals surface area contributed by atoms with E-state index >= 15 is 0 Å². The van der Waals surface area contributed by atoms with E-state index in [1.165, 1.54) is 0 Å². The van der Waals surface area contributed by atoms with Crippen LogP contribution in [0.5, 0.6) is 0 Å². The molecule has 2 aromatic rings. The maximum Gasteiger partial charge on any atom is 0.253 e. The first-order valence-electron chi connectivity index (χ1n) is 9.11. The van der Waals surface area contributed by atoms with Crippen molar-refractivity contribution in [3.8, 4) is 0 Å². The molecule has 2 aromatic carbocycles. The molecule has 1 aliphatic rings. The number of hydrazine groups is 1. The Hall–Kier alpha value is -2.53. The summed E-state index contributed by atoms with van der Waals surface area (Å²) in [5, 5.41) is 0.595. The van der Waals surface area contributed by atoms with Crippen LogP contribution in [-0.2, 0) is 4.79 Å². The van der Waals surface area contributed by atoms with Gasteiger partial charge in [0.25, 0.3) is 5.91 Å². The molecule has 2 N–H and O–H groups in total. The molecule has 1 saturated heterocycles. The van der Waals surface area contributed by atoms with E-state index in [9.17, 15) is 9.59 Å². The van der Waals surface area contributed by atoms with Gasteiger partial charge in [-0.2, -0.15) is 0 Å². The highest BCUT2D eigenvalue weighted by molar-refractivity contribution is 6.30. The second-order valence-electron chi connectivity index (χ2n) is 7.09. The molecule has 5 nitrogen and oxygen atoms in total. The number of hydrogen-bond acceptors (Lipinski definition) is 3. The second-order valence-corrected chi connectivity index (χ2v) is 7.53. The third-order valence-electron chi connectivity index (χ3n) is 4.70. The van der Waals surface area contributed by atoms with E-state index in [1.54, 1.807) is 17.0 Å². The number of benzene rings is 2. The molecule has 0 bridgehead atoms. The molecule has 142 valence electrons. The largest absolute Gasteiger partial charge is 0.338 e. The maximum atomic E-state index is 12.9. The Kier molecular flexibility index (Phi) is 6.01. The molecule has 0 unspecified atom stereocenters. The molecule has 1 aliphatic heterocycles. The molecule has 0 aliphatic carbocycles. The third-order valence-corrected chi connectivity index (χ3v) is 4.94. The van der Waals surface area contributed by atoms with Crippen molar-refractivity contribution in [3.05, 3.63) is 64.2 Å². The number of carbonyl (C=O) groups excluding carboxylic acids is 2. The molecular formula is C21H24ClN3O2. The summed E-state index contributed by atoms with van der Waals surface area (Å²) in [6, 6.07) is 13.0. The van der Waals surface area contributed by atoms with Gasteiger partial charge in [0.2, 0.25) is 5.91 Å².